The molecule has 0 aromatic heterocycles. The average Bonchev–Trinajstić information content (AvgIpc) is 1.87. The lowest BCUT2D eigenvalue weighted by molar-refractivity contribution is -0.0260. The first kappa shape index (κ1) is 9.41. The Bertz CT molecular complexity index is 117. The Morgan fingerprint density at radius 3 is 2.50 bits per heavy atom. The lowest BCUT2D eigenvalue weighted by Gasteiger charge is -2.20. The first-order valence-corrected chi connectivity index (χ1v) is 3.37. The van der Waals surface area contributed by atoms with Crippen LogP contribution in [0.4, 0.5) is 0 Å². The molecule has 0 N–H and O–H groups in total. The maximum absolute atomic E-state index is 8.36. The highest BCUT2D eigenvalue weighted by atomic mass is 16.5. The molecule has 0 saturated carbocycles. The Labute approximate surface area is 62.2 Å². The Balaban J connectivity index is 3.63. The highest BCUT2D eigenvalue weighted by molar-refractivity contribution is 4.74. The predicted octanol–water partition coefficient (Wildman–Crippen LogP) is 0.824. The Morgan fingerprint density at radius 1 is 1.60 bits per heavy atom. The molecule has 0 rings (SSSR count). The topological polar surface area (TPSA) is 36.3 Å². The molecule has 0 fully saturated rings. The van der Waals surface area contributed by atoms with Crippen molar-refractivity contribution in [3.8, 4) is 6.07 Å². The van der Waals surface area contributed by atoms with Crippen molar-refractivity contribution >= 4 is 0 Å². The molecule has 0 heterocycles. The van der Waals surface area contributed by atoms with Crippen molar-refractivity contribution in [2.24, 2.45) is 0 Å². The fourth-order valence-electron chi connectivity index (χ4n) is 0.661. The highest BCUT2D eigenvalue weighted by Crippen LogP contribution is 1.99. The quantitative estimate of drug-likeness (QED) is 0.545. The van der Waals surface area contributed by atoms with Gasteiger partial charge < -0.3 is 4.74 Å². The molecular formula is C7H14N2O. The van der Waals surface area contributed by atoms with E-state index in [1.54, 1.807) is 0 Å². The first-order valence-electron chi connectivity index (χ1n) is 3.37. The van der Waals surface area contributed by atoms with Gasteiger partial charge in [0.15, 0.2) is 0 Å². The van der Waals surface area contributed by atoms with E-state index in [2.05, 4.69) is 6.07 Å². The third kappa shape index (κ3) is 3.44. The Kier molecular flexibility index (Phi) is 4.91. The van der Waals surface area contributed by atoms with Gasteiger partial charge in [-0.3, -0.25) is 4.90 Å². The number of nitrogens with zero attached hydrogens (tertiary/aromatic N) is 2. The predicted molar refractivity (Wildman–Crippen MR) is 39.3 cm³/mol. The molecular weight excluding hydrogens is 128 g/mol. The van der Waals surface area contributed by atoms with E-state index >= 15 is 0 Å². The molecule has 0 aromatic rings. The maximum Gasteiger partial charge on any atom is 0.123 e. The molecule has 1 atom stereocenters. The number of hydrogen-bond acceptors (Lipinski definition) is 3. The van der Waals surface area contributed by atoms with Gasteiger partial charge in [-0.2, -0.15) is 5.26 Å². The summed E-state index contributed by atoms with van der Waals surface area (Å²) in [7, 11) is 3.80. The van der Waals surface area contributed by atoms with Crippen LogP contribution in [0.1, 0.15) is 13.3 Å². The zero-order valence-corrected chi connectivity index (χ0v) is 6.79. The summed E-state index contributed by atoms with van der Waals surface area (Å²) in [5, 5.41) is 8.36. The van der Waals surface area contributed by atoms with Gasteiger partial charge in [0.25, 0.3) is 0 Å². The first-order chi connectivity index (χ1) is 4.72. The van der Waals surface area contributed by atoms with Crippen LogP contribution in [-0.2, 0) is 4.74 Å². The Hall–Kier alpha value is -0.590. The lowest BCUT2D eigenvalue weighted by Crippen LogP contribution is -2.30. The second kappa shape index (κ2) is 5.21. The maximum atomic E-state index is 8.36. The molecule has 3 heteroatoms. The van der Waals surface area contributed by atoms with Gasteiger partial charge in [0, 0.05) is 6.61 Å². The minimum Gasteiger partial charge on any atom is -0.362 e. The van der Waals surface area contributed by atoms with Crippen LogP contribution in [0.3, 0.4) is 0 Å². The number of rotatable bonds is 4. The molecule has 1 unspecified atom stereocenters. The molecule has 10 heavy (non-hydrogen) atoms. The summed E-state index contributed by atoms with van der Waals surface area (Å²) in [6, 6.07) is 2.07. The molecule has 58 valence electrons. The fraction of sp³-hybridized carbons (Fsp3) is 0.857. The van der Waals surface area contributed by atoms with Crippen LogP contribution < -0.4 is 0 Å². The van der Waals surface area contributed by atoms with Crippen molar-refractivity contribution in [1.82, 2.24) is 4.90 Å². The SMILES string of the molecule is CCOC(CC#N)N(C)C. The van der Waals surface area contributed by atoms with Crippen molar-refractivity contribution in [3.05, 3.63) is 0 Å². The second-order valence-corrected chi connectivity index (χ2v) is 2.24. The van der Waals surface area contributed by atoms with Gasteiger partial charge in [-0.05, 0) is 21.0 Å². The van der Waals surface area contributed by atoms with Crippen molar-refractivity contribution in [1.29, 1.82) is 5.26 Å². The zero-order chi connectivity index (χ0) is 7.98. The summed E-state index contributed by atoms with van der Waals surface area (Å²) >= 11 is 0. The number of nitriles is 1. The van der Waals surface area contributed by atoms with Gasteiger partial charge in [-0.25, -0.2) is 0 Å². The summed E-state index contributed by atoms with van der Waals surface area (Å²) in [6.45, 7) is 2.58. The summed E-state index contributed by atoms with van der Waals surface area (Å²) in [5.74, 6) is 0. The van der Waals surface area contributed by atoms with Crippen LogP contribution in [0.2, 0.25) is 0 Å². The number of ether oxygens (including phenoxy) is 1. The standard InChI is InChI=1S/C7H14N2O/c1-4-10-7(5-6-8)9(2)3/h7H,4-5H2,1-3H3. The van der Waals surface area contributed by atoms with Crippen LogP contribution in [0, 0.1) is 11.3 Å². The molecule has 0 saturated heterocycles. The largest absolute Gasteiger partial charge is 0.362 e. The normalized spacial score (nSPS) is 13.1. The third-order valence-corrected chi connectivity index (χ3v) is 1.20. The van der Waals surface area contributed by atoms with E-state index in [1.165, 1.54) is 0 Å². The average molecular weight is 142 g/mol. The van der Waals surface area contributed by atoms with Gasteiger partial charge in [0.05, 0.1) is 12.5 Å². The molecule has 3 nitrogen and oxygen atoms in total. The van der Waals surface area contributed by atoms with E-state index in [0.29, 0.717) is 13.0 Å². The molecule has 0 radical (unpaired) electrons. The number of hydrogen-bond donors (Lipinski definition) is 0. The monoisotopic (exact) mass is 142 g/mol. The smallest absolute Gasteiger partial charge is 0.123 e. The van der Waals surface area contributed by atoms with Crippen LogP contribution >= 0.6 is 0 Å². The van der Waals surface area contributed by atoms with Gasteiger partial charge in [0.2, 0.25) is 0 Å². The van der Waals surface area contributed by atoms with Crippen molar-refractivity contribution in [2.75, 3.05) is 20.7 Å². The lowest BCUT2D eigenvalue weighted by atomic mass is 10.4. The minimum atomic E-state index is -0.0463. The van der Waals surface area contributed by atoms with E-state index < -0.39 is 0 Å². The Morgan fingerprint density at radius 2 is 2.20 bits per heavy atom. The summed E-state index contributed by atoms with van der Waals surface area (Å²) in [5.41, 5.74) is 0. The fourth-order valence-corrected chi connectivity index (χ4v) is 0.661. The minimum absolute atomic E-state index is 0.0463. The molecule has 0 aliphatic heterocycles. The molecule has 0 aromatic carbocycles. The van der Waals surface area contributed by atoms with Crippen LogP contribution in [0.5, 0.6) is 0 Å². The molecule has 0 spiro atoms. The van der Waals surface area contributed by atoms with Crippen molar-refractivity contribution in [2.45, 2.75) is 19.6 Å². The van der Waals surface area contributed by atoms with Crippen LogP contribution in [0.15, 0.2) is 0 Å². The molecule has 0 bridgehead atoms. The van der Waals surface area contributed by atoms with Gasteiger partial charge in [-0.15, -0.1) is 0 Å². The summed E-state index contributed by atoms with van der Waals surface area (Å²) in [4.78, 5) is 1.90. The third-order valence-electron chi connectivity index (χ3n) is 1.20. The van der Waals surface area contributed by atoms with E-state index in [9.17, 15) is 0 Å². The van der Waals surface area contributed by atoms with Crippen molar-refractivity contribution in [3.63, 3.8) is 0 Å². The second-order valence-electron chi connectivity index (χ2n) is 2.24. The van der Waals surface area contributed by atoms with Gasteiger partial charge in [-0.1, -0.05) is 0 Å². The molecule has 0 amide bonds. The molecule has 0 aliphatic rings. The van der Waals surface area contributed by atoms with E-state index in [4.69, 9.17) is 10.00 Å². The van der Waals surface area contributed by atoms with Crippen molar-refractivity contribution < 1.29 is 4.74 Å². The van der Waals surface area contributed by atoms with Gasteiger partial charge >= 0.3 is 0 Å². The van der Waals surface area contributed by atoms with E-state index in [-0.39, 0.29) is 6.23 Å². The van der Waals surface area contributed by atoms with Crippen LogP contribution in [0.25, 0.3) is 0 Å². The summed E-state index contributed by atoms with van der Waals surface area (Å²) < 4.78 is 5.25. The van der Waals surface area contributed by atoms with Gasteiger partial charge in [0.1, 0.15) is 6.23 Å². The van der Waals surface area contributed by atoms with E-state index in [1.807, 2.05) is 25.9 Å². The van der Waals surface area contributed by atoms with E-state index in [0.717, 1.165) is 0 Å². The molecule has 0 aliphatic carbocycles. The highest BCUT2D eigenvalue weighted by Gasteiger charge is 2.08. The van der Waals surface area contributed by atoms with Crippen LogP contribution in [-0.4, -0.2) is 31.8 Å². The zero-order valence-electron chi connectivity index (χ0n) is 6.79. The summed E-state index contributed by atoms with van der Waals surface area (Å²) in [6.07, 6.45) is 0.385.